The molecule has 1 atom stereocenters. The zero-order valence-corrected chi connectivity index (χ0v) is 12.7. The molecule has 6 heteroatoms. The molecule has 17 heavy (non-hydrogen) atoms. The van der Waals surface area contributed by atoms with Gasteiger partial charge in [-0.15, -0.1) is 22.9 Å². The van der Waals surface area contributed by atoms with Crippen molar-refractivity contribution < 1.29 is 8.42 Å². The van der Waals surface area contributed by atoms with Gasteiger partial charge in [-0.1, -0.05) is 13.8 Å². The number of rotatable bonds is 6. The highest BCUT2D eigenvalue weighted by atomic mass is 35.5. The molecule has 1 rings (SSSR count). The van der Waals surface area contributed by atoms with Gasteiger partial charge in [0.05, 0.1) is 10.8 Å². The average molecular weight is 296 g/mol. The third-order valence-corrected chi connectivity index (χ3v) is 6.46. The number of alkyl halides is 1. The van der Waals surface area contributed by atoms with Crippen molar-refractivity contribution in [1.82, 2.24) is 4.31 Å². The van der Waals surface area contributed by atoms with E-state index in [0.29, 0.717) is 16.3 Å². The summed E-state index contributed by atoms with van der Waals surface area (Å²) < 4.78 is 26.5. The fraction of sp³-hybridized carbons (Fsp3) is 0.636. The van der Waals surface area contributed by atoms with Crippen molar-refractivity contribution in [3.8, 4) is 0 Å². The largest absolute Gasteiger partial charge is 0.244 e. The molecule has 3 nitrogen and oxygen atoms in total. The molecule has 1 aromatic heterocycles. The van der Waals surface area contributed by atoms with Crippen LogP contribution in [0.3, 0.4) is 0 Å². The van der Waals surface area contributed by atoms with Crippen LogP contribution in [0.2, 0.25) is 0 Å². The highest BCUT2D eigenvalue weighted by Gasteiger charge is 2.29. The van der Waals surface area contributed by atoms with Crippen LogP contribution >= 0.6 is 22.9 Å². The molecule has 0 spiro atoms. The molecular weight excluding hydrogens is 278 g/mol. The first-order valence-electron chi connectivity index (χ1n) is 5.63. The van der Waals surface area contributed by atoms with Crippen LogP contribution in [0.5, 0.6) is 0 Å². The zero-order chi connectivity index (χ0) is 13.1. The summed E-state index contributed by atoms with van der Waals surface area (Å²) in [5.74, 6) is 0.240. The van der Waals surface area contributed by atoms with E-state index in [0.717, 1.165) is 6.42 Å². The Morgan fingerprint density at radius 1 is 1.47 bits per heavy atom. The molecule has 0 aliphatic rings. The molecule has 0 fully saturated rings. The summed E-state index contributed by atoms with van der Waals surface area (Å²) in [7, 11) is -3.40. The predicted octanol–water partition coefficient (Wildman–Crippen LogP) is 3.30. The minimum absolute atomic E-state index is 0.00748. The molecule has 1 unspecified atom stereocenters. The first-order chi connectivity index (χ1) is 7.98. The molecule has 0 aliphatic heterocycles. The van der Waals surface area contributed by atoms with Gasteiger partial charge < -0.3 is 0 Å². The number of nitrogens with zero attached hydrogens (tertiary/aromatic N) is 1. The lowest BCUT2D eigenvalue weighted by Gasteiger charge is -2.26. The Morgan fingerprint density at radius 3 is 2.59 bits per heavy atom. The zero-order valence-electron chi connectivity index (χ0n) is 10.3. The Morgan fingerprint density at radius 2 is 2.12 bits per heavy atom. The smallest absolute Gasteiger partial charge is 0.207 e. The maximum absolute atomic E-state index is 12.5. The summed E-state index contributed by atoms with van der Waals surface area (Å²) in [4.78, 5) is 1.08. The number of halogens is 1. The molecule has 1 aromatic rings. The second-order valence-corrected chi connectivity index (χ2v) is 6.93. The summed E-state index contributed by atoms with van der Waals surface area (Å²) in [6.45, 7) is 6.25. The summed E-state index contributed by atoms with van der Waals surface area (Å²) in [6, 6.07) is 1.65. The summed E-state index contributed by atoms with van der Waals surface area (Å²) in [6.07, 6.45) is 0.799. The van der Waals surface area contributed by atoms with Crippen LogP contribution in [0.1, 0.15) is 32.1 Å². The molecule has 98 valence electrons. The molecule has 0 saturated heterocycles. The maximum atomic E-state index is 12.5. The maximum Gasteiger partial charge on any atom is 0.244 e. The van der Waals surface area contributed by atoms with Crippen LogP contribution in [-0.2, 0) is 15.9 Å². The second-order valence-electron chi connectivity index (χ2n) is 3.81. The number of sulfonamides is 1. The van der Waals surface area contributed by atoms with Gasteiger partial charge in [0.2, 0.25) is 10.0 Å². The van der Waals surface area contributed by atoms with E-state index in [2.05, 4.69) is 0 Å². The van der Waals surface area contributed by atoms with Crippen LogP contribution in [-0.4, -0.2) is 25.3 Å². The van der Waals surface area contributed by atoms with E-state index in [1.807, 2.05) is 20.8 Å². The predicted molar refractivity (Wildman–Crippen MR) is 73.2 cm³/mol. The minimum Gasteiger partial charge on any atom is -0.207 e. The van der Waals surface area contributed by atoms with E-state index in [4.69, 9.17) is 11.6 Å². The van der Waals surface area contributed by atoms with Crippen molar-refractivity contribution in [2.75, 3.05) is 6.54 Å². The Hall–Kier alpha value is -0.100. The Kier molecular flexibility index (Phi) is 5.44. The summed E-state index contributed by atoms with van der Waals surface area (Å²) >= 11 is 7.15. The van der Waals surface area contributed by atoms with Gasteiger partial charge in [-0.2, -0.15) is 4.31 Å². The number of hydrogen-bond donors (Lipinski definition) is 0. The minimum atomic E-state index is -3.40. The number of thiophene rings is 1. The first kappa shape index (κ1) is 15.0. The third kappa shape index (κ3) is 3.02. The molecule has 0 N–H and O–H groups in total. The quantitative estimate of drug-likeness (QED) is 0.755. The van der Waals surface area contributed by atoms with Gasteiger partial charge in [-0.3, -0.25) is 0 Å². The monoisotopic (exact) mass is 295 g/mol. The van der Waals surface area contributed by atoms with Gasteiger partial charge in [0.25, 0.3) is 0 Å². The Balaban J connectivity index is 3.17. The fourth-order valence-corrected chi connectivity index (χ4v) is 5.09. The van der Waals surface area contributed by atoms with Crippen LogP contribution in [0.4, 0.5) is 0 Å². The van der Waals surface area contributed by atoms with Gasteiger partial charge in [-0.25, -0.2) is 8.42 Å². The van der Waals surface area contributed by atoms with Gasteiger partial charge in [0.15, 0.2) is 0 Å². The Bertz CT molecular complexity index is 456. The molecule has 1 heterocycles. The standard InChI is InChI=1S/C11H18ClNO2S2/c1-4-9(3)13(5-2)17(14,15)11-6-7-16-10(11)8-12/h6-7,9H,4-5,8H2,1-3H3. The van der Waals surface area contributed by atoms with Crippen molar-refractivity contribution in [3.63, 3.8) is 0 Å². The van der Waals surface area contributed by atoms with Gasteiger partial charge in [0.1, 0.15) is 0 Å². The van der Waals surface area contributed by atoms with E-state index >= 15 is 0 Å². The Labute approximate surface area is 112 Å². The normalized spacial score (nSPS) is 14.2. The average Bonchev–Trinajstić information content (AvgIpc) is 2.78. The van der Waals surface area contributed by atoms with Crippen LogP contribution in [0.15, 0.2) is 16.3 Å². The van der Waals surface area contributed by atoms with E-state index in [9.17, 15) is 8.42 Å². The molecular formula is C11H18ClNO2S2. The highest BCUT2D eigenvalue weighted by Crippen LogP contribution is 2.28. The lowest BCUT2D eigenvalue weighted by molar-refractivity contribution is 0.342. The lowest BCUT2D eigenvalue weighted by Crippen LogP contribution is -2.38. The van der Waals surface area contributed by atoms with Crippen LogP contribution < -0.4 is 0 Å². The van der Waals surface area contributed by atoms with Gasteiger partial charge in [0, 0.05) is 17.5 Å². The highest BCUT2D eigenvalue weighted by molar-refractivity contribution is 7.89. The van der Waals surface area contributed by atoms with Crippen molar-refractivity contribution in [2.45, 2.75) is 44.0 Å². The van der Waals surface area contributed by atoms with Crippen molar-refractivity contribution in [1.29, 1.82) is 0 Å². The molecule has 0 aliphatic carbocycles. The van der Waals surface area contributed by atoms with Gasteiger partial charge in [-0.05, 0) is 24.8 Å². The molecule has 0 amide bonds. The van der Waals surface area contributed by atoms with Crippen LogP contribution in [0.25, 0.3) is 0 Å². The van der Waals surface area contributed by atoms with E-state index in [-0.39, 0.29) is 11.9 Å². The third-order valence-electron chi connectivity index (χ3n) is 2.81. The van der Waals surface area contributed by atoms with E-state index in [1.54, 1.807) is 11.4 Å². The SMILES string of the molecule is CCC(C)N(CC)S(=O)(=O)c1ccsc1CCl. The van der Waals surface area contributed by atoms with Crippen molar-refractivity contribution in [2.24, 2.45) is 0 Å². The van der Waals surface area contributed by atoms with Gasteiger partial charge >= 0.3 is 0 Å². The fourth-order valence-electron chi connectivity index (χ4n) is 1.70. The molecule has 0 radical (unpaired) electrons. The first-order valence-corrected chi connectivity index (χ1v) is 8.48. The topological polar surface area (TPSA) is 37.4 Å². The van der Waals surface area contributed by atoms with E-state index < -0.39 is 10.0 Å². The summed E-state index contributed by atoms with van der Waals surface area (Å²) in [5.41, 5.74) is 0. The van der Waals surface area contributed by atoms with E-state index in [1.165, 1.54) is 15.6 Å². The van der Waals surface area contributed by atoms with Crippen LogP contribution in [0, 0.1) is 0 Å². The molecule has 0 bridgehead atoms. The number of hydrogen-bond acceptors (Lipinski definition) is 3. The summed E-state index contributed by atoms with van der Waals surface area (Å²) in [5, 5.41) is 1.77. The van der Waals surface area contributed by atoms with Crippen molar-refractivity contribution in [3.05, 3.63) is 16.3 Å². The molecule has 0 saturated carbocycles. The lowest BCUT2D eigenvalue weighted by atomic mass is 10.3. The second kappa shape index (κ2) is 6.18. The van der Waals surface area contributed by atoms with Crippen molar-refractivity contribution >= 4 is 33.0 Å². The molecule has 0 aromatic carbocycles.